The average Bonchev–Trinajstić information content (AvgIpc) is 2.98. The monoisotopic (exact) mass is 313 g/mol. The highest BCUT2D eigenvalue weighted by Gasteiger charge is 2.52. The molecule has 0 bridgehead atoms. The quantitative estimate of drug-likeness (QED) is 0.914. The lowest BCUT2D eigenvalue weighted by Gasteiger charge is -2.28. The van der Waals surface area contributed by atoms with Crippen molar-refractivity contribution in [2.45, 2.75) is 37.3 Å². The zero-order valence-corrected chi connectivity index (χ0v) is 13.0. The predicted molar refractivity (Wildman–Crippen MR) is 82.5 cm³/mol. The fourth-order valence-electron chi connectivity index (χ4n) is 3.36. The summed E-state index contributed by atoms with van der Waals surface area (Å²) in [5.41, 5.74) is 0.817. The number of benzene rings is 1. The van der Waals surface area contributed by atoms with Crippen LogP contribution in [0.5, 0.6) is 0 Å². The standard InChI is InChI=1S/C16H19N5O2/c1-20-18-14(17-19-20)11-4-6-12(7-5-11)15(22)21-10-2-3-13(21)16(23)8-9-16/h4-7,13,23H,2-3,8-10H2,1H3. The number of tetrazole rings is 1. The van der Waals surface area contributed by atoms with Crippen LogP contribution in [0, 0.1) is 0 Å². The highest BCUT2D eigenvalue weighted by atomic mass is 16.3. The van der Waals surface area contributed by atoms with Crippen LogP contribution in [0.25, 0.3) is 11.4 Å². The number of amides is 1. The highest BCUT2D eigenvalue weighted by Crippen LogP contribution is 2.44. The summed E-state index contributed by atoms with van der Waals surface area (Å²) in [4.78, 5) is 16.0. The number of aliphatic hydroxyl groups is 1. The molecular weight excluding hydrogens is 294 g/mol. The first-order valence-electron chi connectivity index (χ1n) is 7.95. The summed E-state index contributed by atoms with van der Waals surface area (Å²) in [6, 6.07) is 7.22. The highest BCUT2D eigenvalue weighted by molar-refractivity contribution is 5.95. The van der Waals surface area contributed by atoms with E-state index in [-0.39, 0.29) is 11.9 Å². The Balaban J connectivity index is 1.54. The number of aryl methyl sites for hydroxylation is 1. The number of rotatable bonds is 3. The molecule has 1 N–H and O–H groups in total. The van der Waals surface area contributed by atoms with E-state index in [0.717, 1.165) is 37.8 Å². The van der Waals surface area contributed by atoms with Gasteiger partial charge in [-0.25, -0.2) is 0 Å². The topological polar surface area (TPSA) is 84.1 Å². The second-order valence-corrected chi connectivity index (χ2v) is 6.44. The van der Waals surface area contributed by atoms with Crippen LogP contribution in [-0.2, 0) is 7.05 Å². The molecule has 1 saturated carbocycles. The minimum Gasteiger partial charge on any atom is -0.388 e. The average molecular weight is 313 g/mol. The lowest BCUT2D eigenvalue weighted by Crippen LogP contribution is -2.44. The number of likely N-dealkylation sites (tertiary alicyclic amines) is 1. The summed E-state index contributed by atoms with van der Waals surface area (Å²) in [6.07, 6.45) is 3.46. The molecule has 1 aromatic carbocycles. The van der Waals surface area contributed by atoms with Gasteiger partial charge in [-0.15, -0.1) is 10.2 Å². The van der Waals surface area contributed by atoms with Gasteiger partial charge >= 0.3 is 0 Å². The van der Waals surface area contributed by atoms with Crippen LogP contribution in [-0.4, -0.2) is 54.3 Å². The first-order valence-corrected chi connectivity index (χ1v) is 7.95. The molecule has 7 nitrogen and oxygen atoms in total. The summed E-state index contributed by atoms with van der Waals surface area (Å²) in [6.45, 7) is 0.722. The molecule has 0 spiro atoms. The third-order valence-corrected chi connectivity index (χ3v) is 4.79. The maximum absolute atomic E-state index is 12.8. The van der Waals surface area contributed by atoms with E-state index in [1.54, 1.807) is 19.2 Å². The zero-order valence-electron chi connectivity index (χ0n) is 13.0. The molecule has 2 aliphatic rings. The minimum absolute atomic E-state index is 0.00789. The van der Waals surface area contributed by atoms with Crippen molar-refractivity contribution in [2.75, 3.05) is 6.54 Å². The molecule has 2 aromatic rings. The molecule has 4 rings (SSSR count). The number of carbonyl (C=O) groups excluding carboxylic acids is 1. The second kappa shape index (κ2) is 5.13. The fourth-order valence-corrected chi connectivity index (χ4v) is 3.36. The van der Waals surface area contributed by atoms with Gasteiger partial charge in [0, 0.05) is 17.7 Å². The fraction of sp³-hybridized carbons (Fsp3) is 0.500. The molecule has 1 aliphatic carbocycles. The van der Waals surface area contributed by atoms with Crippen LogP contribution in [0.1, 0.15) is 36.0 Å². The van der Waals surface area contributed by atoms with Crippen molar-refractivity contribution in [1.29, 1.82) is 0 Å². The molecule has 1 atom stereocenters. The largest absolute Gasteiger partial charge is 0.388 e. The number of nitrogens with zero attached hydrogens (tertiary/aromatic N) is 5. The third kappa shape index (κ3) is 2.50. The molecule has 1 saturated heterocycles. The molecule has 120 valence electrons. The Kier molecular flexibility index (Phi) is 3.19. The van der Waals surface area contributed by atoms with Crippen LogP contribution in [0.2, 0.25) is 0 Å². The Morgan fingerprint density at radius 2 is 2.04 bits per heavy atom. The van der Waals surface area contributed by atoms with E-state index in [4.69, 9.17) is 0 Å². The van der Waals surface area contributed by atoms with Crippen molar-refractivity contribution in [3.05, 3.63) is 29.8 Å². The van der Waals surface area contributed by atoms with Crippen molar-refractivity contribution < 1.29 is 9.90 Å². The normalized spacial score (nSPS) is 22.3. The summed E-state index contributed by atoms with van der Waals surface area (Å²) in [5, 5.41) is 22.3. The zero-order chi connectivity index (χ0) is 16.0. The van der Waals surface area contributed by atoms with Gasteiger partial charge in [-0.1, -0.05) is 12.1 Å². The van der Waals surface area contributed by atoms with Gasteiger partial charge in [0.05, 0.1) is 18.7 Å². The number of carbonyl (C=O) groups is 1. The molecule has 1 amide bonds. The van der Waals surface area contributed by atoms with Crippen molar-refractivity contribution >= 4 is 5.91 Å². The van der Waals surface area contributed by atoms with E-state index in [9.17, 15) is 9.90 Å². The predicted octanol–water partition coefficient (Wildman–Crippen LogP) is 1.01. The van der Waals surface area contributed by atoms with E-state index in [2.05, 4.69) is 15.4 Å². The molecule has 23 heavy (non-hydrogen) atoms. The Bertz CT molecular complexity index is 735. The van der Waals surface area contributed by atoms with Crippen LogP contribution >= 0.6 is 0 Å². The number of hydrogen-bond acceptors (Lipinski definition) is 5. The molecule has 1 aliphatic heterocycles. The first-order chi connectivity index (χ1) is 11.1. The summed E-state index contributed by atoms with van der Waals surface area (Å²) in [7, 11) is 1.71. The SMILES string of the molecule is Cn1nnc(-c2ccc(C(=O)N3CCCC3C3(O)CC3)cc2)n1. The molecule has 2 fully saturated rings. The number of aromatic nitrogens is 4. The van der Waals surface area contributed by atoms with Crippen LogP contribution in [0.4, 0.5) is 0 Å². The van der Waals surface area contributed by atoms with E-state index in [1.165, 1.54) is 4.80 Å². The lowest BCUT2D eigenvalue weighted by molar-refractivity contribution is 0.0386. The second-order valence-electron chi connectivity index (χ2n) is 6.44. The number of hydrogen-bond donors (Lipinski definition) is 1. The van der Waals surface area contributed by atoms with E-state index in [1.807, 2.05) is 17.0 Å². The van der Waals surface area contributed by atoms with Crippen LogP contribution in [0.3, 0.4) is 0 Å². The van der Waals surface area contributed by atoms with E-state index in [0.29, 0.717) is 11.4 Å². The van der Waals surface area contributed by atoms with Crippen molar-refractivity contribution in [3.8, 4) is 11.4 Å². The maximum Gasteiger partial charge on any atom is 0.254 e. The maximum atomic E-state index is 12.8. The summed E-state index contributed by atoms with van der Waals surface area (Å²) in [5.74, 6) is 0.532. The smallest absolute Gasteiger partial charge is 0.254 e. The summed E-state index contributed by atoms with van der Waals surface area (Å²) >= 11 is 0. The molecule has 1 unspecified atom stereocenters. The van der Waals surface area contributed by atoms with Crippen LogP contribution in [0.15, 0.2) is 24.3 Å². The third-order valence-electron chi connectivity index (χ3n) is 4.79. The Morgan fingerprint density at radius 3 is 2.65 bits per heavy atom. The van der Waals surface area contributed by atoms with Gasteiger partial charge in [-0.3, -0.25) is 4.79 Å². The van der Waals surface area contributed by atoms with Gasteiger partial charge in [0.15, 0.2) is 0 Å². The van der Waals surface area contributed by atoms with Gasteiger partial charge in [-0.2, -0.15) is 4.80 Å². The Labute approximate surface area is 133 Å². The Hall–Kier alpha value is -2.28. The first kappa shape index (κ1) is 14.3. The minimum atomic E-state index is -0.643. The van der Waals surface area contributed by atoms with E-state index >= 15 is 0 Å². The van der Waals surface area contributed by atoms with Crippen molar-refractivity contribution in [1.82, 2.24) is 25.1 Å². The van der Waals surface area contributed by atoms with Gasteiger partial charge in [0.1, 0.15) is 0 Å². The molecule has 0 radical (unpaired) electrons. The van der Waals surface area contributed by atoms with E-state index < -0.39 is 5.60 Å². The molecule has 1 aromatic heterocycles. The Morgan fingerprint density at radius 1 is 1.30 bits per heavy atom. The van der Waals surface area contributed by atoms with Gasteiger partial charge in [0.2, 0.25) is 5.82 Å². The van der Waals surface area contributed by atoms with Gasteiger partial charge in [0.25, 0.3) is 5.91 Å². The lowest BCUT2D eigenvalue weighted by atomic mass is 10.1. The summed E-state index contributed by atoms with van der Waals surface area (Å²) < 4.78 is 0. The molecule has 2 heterocycles. The van der Waals surface area contributed by atoms with Gasteiger partial charge in [-0.05, 0) is 43.0 Å². The van der Waals surface area contributed by atoms with Crippen molar-refractivity contribution in [2.24, 2.45) is 7.05 Å². The van der Waals surface area contributed by atoms with Crippen molar-refractivity contribution in [3.63, 3.8) is 0 Å². The molecular formula is C16H19N5O2. The molecule has 7 heteroatoms. The van der Waals surface area contributed by atoms with Gasteiger partial charge < -0.3 is 10.0 Å². The van der Waals surface area contributed by atoms with Crippen LogP contribution < -0.4 is 0 Å².